The van der Waals surface area contributed by atoms with Gasteiger partial charge in [-0.25, -0.2) is 4.79 Å². The van der Waals surface area contributed by atoms with Crippen LogP contribution in [0.2, 0.25) is 0 Å². The van der Waals surface area contributed by atoms with E-state index < -0.39 is 5.97 Å². The summed E-state index contributed by atoms with van der Waals surface area (Å²) in [4.78, 5) is 10.1. The maximum Gasteiger partial charge on any atom is 0.329 e. The average Bonchev–Trinajstić information content (AvgIpc) is 2.49. The summed E-state index contributed by atoms with van der Waals surface area (Å²) in [7, 11) is 0. The number of carboxylic acid groups (broad SMARTS) is 1. The molecular formula is C9H16O3. The van der Waals surface area contributed by atoms with Crippen LogP contribution < -0.4 is 0 Å². The molecule has 0 saturated heterocycles. The van der Waals surface area contributed by atoms with Crippen LogP contribution in [-0.4, -0.2) is 24.3 Å². The van der Waals surface area contributed by atoms with Crippen molar-refractivity contribution in [2.75, 3.05) is 13.2 Å². The minimum atomic E-state index is -0.874. The van der Waals surface area contributed by atoms with Crippen LogP contribution in [0.25, 0.3) is 0 Å². The smallest absolute Gasteiger partial charge is 0.329 e. The van der Waals surface area contributed by atoms with Gasteiger partial charge < -0.3 is 9.84 Å². The van der Waals surface area contributed by atoms with Gasteiger partial charge in [-0.2, -0.15) is 0 Å². The monoisotopic (exact) mass is 172 g/mol. The Morgan fingerprint density at radius 1 is 1.42 bits per heavy atom. The molecule has 0 aromatic rings. The number of carboxylic acids is 1. The van der Waals surface area contributed by atoms with Gasteiger partial charge in [0.15, 0.2) is 0 Å². The van der Waals surface area contributed by atoms with E-state index in [9.17, 15) is 4.79 Å². The average molecular weight is 172 g/mol. The van der Waals surface area contributed by atoms with E-state index >= 15 is 0 Å². The molecule has 1 aliphatic carbocycles. The largest absolute Gasteiger partial charge is 0.480 e. The Labute approximate surface area is 72.7 Å². The molecule has 0 heterocycles. The van der Waals surface area contributed by atoms with Crippen LogP contribution in [0.5, 0.6) is 0 Å². The number of ether oxygens (including phenoxy) is 1. The summed E-state index contributed by atoms with van der Waals surface area (Å²) in [5.74, 6) is -0.0831. The Morgan fingerprint density at radius 3 is 2.67 bits per heavy atom. The highest BCUT2D eigenvalue weighted by atomic mass is 16.5. The Kier molecular flexibility index (Phi) is 4.08. The first-order chi connectivity index (χ1) is 5.79. The zero-order valence-corrected chi connectivity index (χ0v) is 7.29. The zero-order chi connectivity index (χ0) is 8.81. The molecule has 3 nitrogen and oxygen atoms in total. The molecule has 1 saturated carbocycles. The van der Waals surface area contributed by atoms with Crippen molar-refractivity contribution in [2.45, 2.75) is 32.1 Å². The van der Waals surface area contributed by atoms with Gasteiger partial charge >= 0.3 is 5.97 Å². The minimum absolute atomic E-state index is 0.146. The number of rotatable bonds is 5. The second kappa shape index (κ2) is 5.14. The third-order valence-corrected chi connectivity index (χ3v) is 2.37. The summed E-state index contributed by atoms with van der Waals surface area (Å²) < 4.78 is 4.96. The molecule has 0 atom stereocenters. The van der Waals surface area contributed by atoms with E-state index in [1.807, 2.05) is 0 Å². The van der Waals surface area contributed by atoms with Gasteiger partial charge in [0.2, 0.25) is 0 Å². The van der Waals surface area contributed by atoms with Gasteiger partial charge in [-0.15, -0.1) is 0 Å². The van der Waals surface area contributed by atoms with Crippen LogP contribution in [0, 0.1) is 5.92 Å². The number of carbonyl (C=O) groups is 1. The van der Waals surface area contributed by atoms with Crippen LogP contribution in [0.4, 0.5) is 0 Å². The first-order valence-corrected chi connectivity index (χ1v) is 4.58. The first-order valence-electron chi connectivity index (χ1n) is 4.58. The molecule has 0 spiro atoms. The number of hydrogen-bond acceptors (Lipinski definition) is 2. The quantitative estimate of drug-likeness (QED) is 0.641. The van der Waals surface area contributed by atoms with E-state index in [1.54, 1.807) is 0 Å². The predicted octanol–water partition coefficient (Wildman–Crippen LogP) is 1.67. The van der Waals surface area contributed by atoms with Crippen molar-refractivity contribution >= 4 is 5.97 Å². The molecule has 0 aromatic carbocycles. The molecule has 0 aliphatic heterocycles. The van der Waals surface area contributed by atoms with Crippen LogP contribution in [0.3, 0.4) is 0 Å². The van der Waals surface area contributed by atoms with Gasteiger partial charge in [0.05, 0.1) is 0 Å². The topological polar surface area (TPSA) is 46.5 Å². The molecular weight excluding hydrogens is 156 g/mol. The van der Waals surface area contributed by atoms with Crippen LogP contribution in [0.15, 0.2) is 0 Å². The lowest BCUT2D eigenvalue weighted by molar-refractivity contribution is -0.142. The van der Waals surface area contributed by atoms with Gasteiger partial charge in [-0.05, 0) is 12.3 Å². The van der Waals surface area contributed by atoms with Crippen molar-refractivity contribution in [3.63, 3.8) is 0 Å². The van der Waals surface area contributed by atoms with Gasteiger partial charge in [-0.1, -0.05) is 25.7 Å². The fourth-order valence-electron chi connectivity index (χ4n) is 1.71. The number of hydrogen-bond donors (Lipinski definition) is 1. The third kappa shape index (κ3) is 3.72. The summed E-state index contributed by atoms with van der Waals surface area (Å²) in [6.07, 6.45) is 6.31. The fraction of sp³-hybridized carbons (Fsp3) is 0.889. The summed E-state index contributed by atoms with van der Waals surface area (Å²) in [5, 5.41) is 8.28. The Balaban J connectivity index is 1.91. The van der Waals surface area contributed by atoms with E-state index in [2.05, 4.69) is 0 Å². The predicted molar refractivity (Wildman–Crippen MR) is 45.0 cm³/mol. The highest BCUT2D eigenvalue weighted by Gasteiger charge is 2.14. The molecule has 0 amide bonds. The van der Waals surface area contributed by atoms with Crippen molar-refractivity contribution in [1.82, 2.24) is 0 Å². The summed E-state index contributed by atoms with van der Waals surface area (Å²) >= 11 is 0. The molecule has 1 N–H and O–H groups in total. The highest BCUT2D eigenvalue weighted by Crippen LogP contribution is 2.27. The molecule has 70 valence electrons. The van der Waals surface area contributed by atoms with Crippen molar-refractivity contribution in [3.8, 4) is 0 Å². The second-order valence-corrected chi connectivity index (χ2v) is 3.39. The van der Waals surface area contributed by atoms with Crippen LogP contribution >= 0.6 is 0 Å². The molecule has 12 heavy (non-hydrogen) atoms. The number of aliphatic carboxylic acids is 1. The molecule has 0 bridgehead atoms. The SMILES string of the molecule is O=C(O)COCCC1CCCC1. The fourth-order valence-corrected chi connectivity index (χ4v) is 1.71. The molecule has 0 radical (unpaired) electrons. The summed E-state index contributed by atoms with van der Waals surface area (Å²) in [5.41, 5.74) is 0. The molecule has 1 fully saturated rings. The van der Waals surface area contributed by atoms with E-state index in [0.717, 1.165) is 12.3 Å². The zero-order valence-electron chi connectivity index (χ0n) is 7.29. The normalized spacial score (nSPS) is 18.3. The Morgan fingerprint density at radius 2 is 2.08 bits per heavy atom. The molecule has 0 aromatic heterocycles. The van der Waals surface area contributed by atoms with Crippen molar-refractivity contribution in [3.05, 3.63) is 0 Å². The third-order valence-electron chi connectivity index (χ3n) is 2.37. The van der Waals surface area contributed by atoms with Crippen LogP contribution in [0.1, 0.15) is 32.1 Å². The van der Waals surface area contributed by atoms with Crippen molar-refractivity contribution in [2.24, 2.45) is 5.92 Å². The second-order valence-electron chi connectivity index (χ2n) is 3.39. The molecule has 0 unspecified atom stereocenters. The lowest BCUT2D eigenvalue weighted by atomic mass is 10.1. The lowest BCUT2D eigenvalue weighted by Crippen LogP contribution is -2.09. The van der Waals surface area contributed by atoms with Crippen molar-refractivity contribution in [1.29, 1.82) is 0 Å². The highest BCUT2D eigenvalue weighted by molar-refractivity contribution is 5.67. The summed E-state index contributed by atoms with van der Waals surface area (Å²) in [6.45, 7) is 0.462. The van der Waals surface area contributed by atoms with E-state index in [0.29, 0.717) is 6.61 Å². The van der Waals surface area contributed by atoms with Crippen LogP contribution in [-0.2, 0) is 9.53 Å². The molecule has 1 aliphatic rings. The van der Waals surface area contributed by atoms with E-state index in [-0.39, 0.29) is 6.61 Å². The minimum Gasteiger partial charge on any atom is -0.480 e. The first kappa shape index (κ1) is 9.52. The van der Waals surface area contributed by atoms with Crippen molar-refractivity contribution < 1.29 is 14.6 Å². The van der Waals surface area contributed by atoms with E-state index in [1.165, 1.54) is 25.7 Å². The van der Waals surface area contributed by atoms with Gasteiger partial charge in [0, 0.05) is 6.61 Å². The summed E-state index contributed by atoms with van der Waals surface area (Å²) in [6, 6.07) is 0. The molecule has 1 rings (SSSR count). The van der Waals surface area contributed by atoms with E-state index in [4.69, 9.17) is 9.84 Å². The van der Waals surface area contributed by atoms with Gasteiger partial charge in [0.1, 0.15) is 6.61 Å². The molecule has 3 heteroatoms. The Hall–Kier alpha value is -0.570. The lowest BCUT2D eigenvalue weighted by Gasteiger charge is -2.07. The maximum atomic E-state index is 10.1. The maximum absolute atomic E-state index is 10.1. The van der Waals surface area contributed by atoms with Gasteiger partial charge in [0.25, 0.3) is 0 Å². The Bertz CT molecular complexity index is 139. The van der Waals surface area contributed by atoms with Gasteiger partial charge in [-0.3, -0.25) is 0 Å². The standard InChI is InChI=1S/C9H16O3/c10-9(11)7-12-6-5-8-3-1-2-4-8/h8H,1-7H2,(H,10,11).